The summed E-state index contributed by atoms with van der Waals surface area (Å²) in [7, 11) is 0. The van der Waals surface area contributed by atoms with Crippen LogP contribution in [-0.4, -0.2) is 6.85 Å². The molecule has 0 N–H and O–H groups in total. The van der Waals surface area contributed by atoms with Gasteiger partial charge >= 0.3 is 6.85 Å². The van der Waals surface area contributed by atoms with E-state index in [4.69, 9.17) is 0 Å². The Morgan fingerprint density at radius 2 is 1.02 bits per heavy atom. The highest BCUT2D eigenvalue weighted by Gasteiger charge is 2.45. The number of hydrogen-bond acceptors (Lipinski definition) is 3. The van der Waals surface area contributed by atoms with Gasteiger partial charge in [-0.3, -0.25) is 0 Å². The Hall–Kier alpha value is -6.00. The third kappa shape index (κ3) is 4.45. The molecular weight excluding hydrogens is 569 g/mol. The molecule has 2 aliphatic rings. The molecule has 7 aromatic rings. The number of fused-ring (bicyclic) bond motifs is 4. The topological polar surface area (TPSA) is 9.72 Å². The molecule has 0 saturated heterocycles. The highest BCUT2D eigenvalue weighted by Crippen LogP contribution is 2.47. The molecule has 9 rings (SSSR count). The second-order valence-corrected chi connectivity index (χ2v) is 12.3. The van der Waals surface area contributed by atoms with Gasteiger partial charge in [0, 0.05) is 51.1 Å². The van der Waals surface area contributed by atoms with E-state index >= 15 is 0 Å². The molecule has 0 fully saturated rings. The number of nitrogens with zero attached hydrogens (tertiary/aromatic N) is 3. The zero-order valence-electron chi connectivity index (χ0n) is 26.2. The van der Waals surface area contributed by atoms with E-state index in [1.165, 1.54) is 50.4 Å². The lowest BCUT2D eigenvalue weighted by molar-refractivity contribution is 1.24. The molecule has 2 aliphatic heterocycles. The van der Waals surface area contributed by atoms with E-state index in [-0.39, 0.29) is 6.85 Å². The number of benzene rings is 7. The molecule has 0 bridgehead atoms. The summed E-state index contributed by atoms with van der Waals surface area (Å²) >= 11 is 0. The molecular formula is C43H32BN3. The summed E-state index contributed by atoms with van der Waals surface area (Å²) in [5.74, 6) is 0. The molecule has 0 amide bonds. The number of para-hydroxylation sites is 5. The van der Waals surface area contributed by atoms with Crippen molar-refractivity contribution in [1.29, 1.82) is 0 Å². The molecule has 3 nitrogen and oxygen atoms in total. The van der Waals surface area contributed by atoms with Gasteiger partial charge in [0.25, 0.3) is 0 Å². The summed E-state index contributed by atoms with van der Waals surface area (Å²) in [6, 6.07) is 63.7. The summed E-state index contributed by atoms with van der Waals surface area (Å²) in [5, 5.41) is 0. The normalized spacial score (nSPS) is 12.7. The average Bonchev–Trinajstić information content (AvgIpc) is 3.13. The molecule has 0 aromatic heterocycles. The zero-order chi connectivity index (χ0) is 31.3. The Labute approximate surface area is 276 Å². The molecule has 2 heterocycles. The second-order valence-electron chi connectivity index (χ2n) is 12.3. The second kappa shape index (κ2) is 11.1. The lowest BCUT2D eigenvalue weighted by Gasteiger charge is -2.46. The summed E-state index contributed by atoms with van der Waals surface area (Å²) in [6.45, 7) is 2.21. The van der Waals surface area contributed by atoms with Crippen LogP contribution >= 0.6 is 0 Å². The Kier molecular flexibility index (Phi) is 6.46. The summed E-state index contributed by atoms with van der Waals surface area (Å²) in [6.07, 6.45) is 0. The molecule has 0 saturated carbocycles. The van der Waals surface area contributed by atoms with Gasteiger partial charge in [0.15, 0.2) is 0 Å². The third-order valence-electron chi connectivity index (χ3n) is 9.41. The first kappa shape index (κ1) is 27.3. The van der Waals surface area contributed by atoms with Crippen LogP contribution in [-0.2, 0) is 0 Å². The van der Waals surface area contributed by atoms with Crippen LogP contribution in [0.4, 0.5) is 45.5 Å². The van der Waals surface area contributed by atoms with Crippen LogP contribution in [0.3, 0.4) is 0 Å². The predicted octanol–water partition coefficient (Wildman–Crippen LogP) is 10.2. The number of hydrogen-bond donors (Lipinski definition) is 0. The SMILES string of the molecule is Cc1cc2c3c(c1)N(c1ccccc1)c1cc(N(c4ccccc4)c4ccccc4)ccc1B3N(c1ccccc1)c1ccccc1-2. The largest absolute Gasteiger partial charge is 0.376 e. The minimum Gasteiger partial charge on any atom is -0.376 e. The van der Waals surface area contributed by atoms with Crippen molar-refractivity contribution in [1.82, 2.24) is 0 Å². The maximum Gasteiger partial charge on any atom is 0.333 e. The van der Waals surface area contributed by atoms with Crippen molar-refractivity contribution >= 4 is 63.3 Å². The Balaban J connectivity index is 1.35. The minimum atomic E-state index is -0.0104. The highest BCUT2D eigenvalue weighted by atomic mass is 15.2. The van der Waals surface area contributed by atoms with E-state index in [0.717, 1.165) is 22.7 Å². The highest BCUT2D eigenvalue weighted by molar-refractivity contribution is 6.93. The molecule has 0 radical (unpaired) electrons. The van der Waals surface area contributed by atoms with Crippen LogP contribution < -0.4 is 25.5 Å². The smallest absolute Gasteiger partial charge is 0.333 e. The third-order valence-corrected chi connectivity index (χ3v) is 9.41. The van der Waals surface area contributed by atoms with Crippen molar-refractivity contribution in [3.8, 4) is 11.1 Å². The molecule has 0 aliphatic carbocycles. The first-order valence-corrected chi connectivity index (χ1v) is 16.2. The molecule has 0 spiro atoms. The van der Waals surface area contributed by atoms with Crippen molar-refractivity contribution in [2.75, 3.05) is 14.6 Å². The first-order valence-electron chi connectivity index (χ1n) is 16.2. The fourth-order valence-electron chi connectivity index (χ4n) is 7.51. The van der Waals surface area contributed by atoms with E-state index in [2.05, 4.69) is 197 Å². The summed E-state index contributed by atoms with van der Waals surface area (Å²) < 4.78 is 0. The molecule has 0 unspecified atom stereocenters. The maximum atomic E-state index is 2.55. The van der Waals surface area contributed by atoms with Crippen LogP contribution in [0.25, 0.3) is 11.1 Å². The maximum absolute atomic E-state index is 2.55. The van der Waals surface area contributed by atoms with Gasteiger partial charge in [-0.2, -0.15) is 0 Å². The molecule has 222 valence electrons. The fourth-order valence-corrected chi connectivity index (χ4v) is 7.51. The van der Waals surface area contributed by atoms with Crippen molar-refractivity contribution < 1.29 is 0 Å². The Bertz CT molecular complexity index is 2180. The predicted molar refractivity (Wildman–Crippen MR) is 200 cm³/mol. The average molecular weight is 602 g/mol. The number of rotatable bonds is 5. The van der Waals surface area contributed by atoms with Crippen molar-refractivity contribution in [2.45, 2.75) is 6.92 Å². The van der Waals surface area contributed by atoms with Gasteiger partial charge in [0.05, 0.1) is 0 Å². The van der Waals surface area contributed by atoms with Crippen LogP contribution in [0, 0.1) is 6.92 Å². The van der Waals surface area contributed by atoms with E-state index in [1.54, 1.807) is 0 Å². The van der Waals surface area contributed by atoms with E-state index in [1.807, 2.05) is 0 Å². The van der Waals surface area contributed by atoms with Gasteiger partial charge in [-0.15, -0.1) is 0 Å². The van der Waals surface area contributed by atoms with E-state index in [0.29, 0.717) is 0 Å². The van der Waals surface area contributed by atoms with Crippen LogP contribution in [0.1, 0.15) is 5.56 Å². The van der Waals surface area contributed by atoms with Crippen molar-refractivity contribution in [2.24, 2.45) is 0 Å². The summed E-state index contributed by atoms with van der Waals surface area (Å²) in [4.78, 5) is 7.38. The Morgan fingerprint density at radius 3 is 1.68 bits per heavy atom. The van der Waals surface area contributed by atoms with Crippen LogP contribution in [0.2, 0.25) is 0 Å². The van der Waals surface area contributed by atoms with Gasteiger partial charge in [-0.25, -0.2) is 0 Å². The lowest BCUT2D eigenvalue weighted by Crippen LogP contribution is -2.61. The van der Waals surface area contributed by atoms with Gasteiger partial charge < -0.3 is 14.6 Å². The number of aryl methyl sites for hydroxylation is 1. The van der Waals surface area contributed by atoms with Gasteiger partial charge in [-0.05, 0) is 102 Å². The first-order chi connectivity index (χ1) is 23.3. The van der Waals surface area contributed by atoms with Gasteiger partial charge in [-0.1, -0.05) is 103 Å². The van der Waals surface area contributed by atoms with E-state index < -0.39 is 0 Å². The van der Waals surface area contributed by atoms with Crippen molar-refractivity contribution in [3.63, 3.8) is 0 Å². The van der Waals surface area contributed by atoms with Gasteiger partial charge in [0.1, 0.15) is 0 Å². The van der Waals surface area contributed by atoms with Gasteiger partial charge in [0.2, 0.25) is 0 Å². The summed E-state index contributed by atoms with van der Waals surface area (Å²) in [5.41, 5.74) is 15.7. The van der Waals surface area contributed by atoms with Crippen molar-refractivity contribution in [3.05, 3.63) is 181 Å². The zero-order valence-corrected chi connectivity index (χ0v) is 26.2. The Morgan fingerprint density at radius 1 is 0.447 bits per heavy atom. The quantitative estimate of drug-likeness (QED) is 0.182. The minimum absolute atomic E-state index is 0.0104. The van der Waals surface area contributed by atoms with E-state index in [9.17, 15) is 0 Å². The van der Waals surface area contributed by atoms with Crippen LogP contribution in [0.15, 0.2) is 176 Å². The van der Waals surface area contributed by atoms with Crippen LogP contribution in [0.5, 0.6) is 0 Å². The molecule has 4 heteroatoms. The molecule has 0 atom stereocenters. The number of anilines is 8. The monoisotopic (exact) mass is 601 g/mol. The standard InChI is InChI=1S/C43H32BN3/c1-31-28-38-37-24-14-15-25-40(37)47(35-22-12-5-13-23-35)44-39-27-26-36(45(32-16-6-2-7-17-32)33-18-8-3-9-19-33)30-41(39)46(42(29-31)43(38)44)34-20-10-4-11-21-34/h2-30H,1H3. The molecule has 7 aromatic carbocycles. The fraction of sp³-hybridized carbons (Fsp3) is 0.0233. The molecule has 47 heavy (non-hydrogen) atoms. The lowest BCUT2D eigenvalue weighted by atomic mass is 9.43.